The predicted octanol–water partition coefficient (Wildman–Crippen LogP) is 0.0612. The normalized spacial score (nSPS) is 10.3. The van der Waals surface area contributed by atoms with Gasteiger partial charge in [-0.15, -0.1) is 0 Å². The molecule has 0 atom stereocenters. The quantitative estimate of drug-likeness (QED) is 0.651. The molecule has 17 heavy (non-hydrogen) atoms. The van der Waals surface area contributed by atoms with Gasteiger partial charge in [0.2, 0.25) is 11.9 Å². The monoisotopic (exact) mass is 241 g/mol. The predicted molar refractivity (Wildman–Crippen MR) is 65.0 cm³/mol. The summed E-state index contributed by atoms with van der Waals surface area (Å²) in [5, 5.41) is 8.67. The van der Waals surface area contributed by atoms with E-state index >= 15 is 0 Å². The van der Waals surface area contributed by atoms with E-state index in [9.17, 15) is 0 Å². The van der Waals surface area contributed by atoms with Crippen LogP contribution in [0.2, 0.25) is 0 Å². The van der Waals surface area contributed by atoms with Crippen molar-refractivity contribution in [3.63, 3.8) is 0 Å². The molecule has 0 unspecified atom stereocenters. The lowest BCUT2D eigenvalue weighted by atomic mass is 10.2. The van der Waals surface area contributed by atoms with Crippen LogP contribution < -0.4 is 15.4 Å². The summed E-state index contributed by atoms with van der Waals surface area (Å²) in [6, 6.07) is 0.217. The molecule has 0 amide bonds. The smallest absolute Gasteiger partial charge is 0.322 e. The highest BCUT2D eigenvalue weighted by molar-refractivity contribution is 5.34. The number of hydrogen-bond donors (Lipinski definition) is 2. The van der Waals surface area contributed by atoms with Crippen molar-refractivity contribution >= 4 is 11.9 Å². The summed E-state index contributed by atoms with van der Waals surface area (Å²) in [7, 11) is 3.37. The van der Waals surface area contributed by atoms with Gasteiger partial charge in [0.1, 0.15) is 0 Å². The van der Waals surface area contributed by atoms with Crippen LogP contribution in [-0.4, -0.2) is 47.4 Å². The molecule has 1 rings (SSSR count). The number of nitrogens with two attached hydrogens (primary N) is 1. The molecule has 0 aromatic carbocycles. The number of aliphatic hydroxyl groups is 1. The van der Waals surface area contributed by atoms with E-state index in [0.29, 0.717) is 5.95 Å². The number of methoxy groups -OCH3 is 1. The molecule has 1 aromatic rings. The lowest BCUT2D eigenvalue weighted by Crippen LogP contribution is -2.22. The first kappa shape index (κ1) is 13.4. The highest BCUT2D eigenvalue weighted by Gasteiger charge is 2.08. The zero-order valence-electron chi connectivity index (χ0n) is 10.3. The first-order chi connectivity index (χ1) is 8.17. The molecule has 0 saturated carbocycles. The van der Waals surface area contributed by atoms with Crippen molar-refractivity contribution in [2.24, 2.45) is 0 Å². The molecular weight excluding hydrogens is 222 g/mol. The summed E-state index contributed by atoms with van der Waals surface area (Å²) < 4.78 is 4.93. The van der Waals surface area contributed by atoms with Gasteiger partial charge in [0.15, 0.2) is 0 Å². The second-order valence-electron chi connectivity index (χ2n) is 3.69. The van der Waals surface area contributed by atoms with Gasteiger partial charge >= 0.3 is 6.01 Å². The Hall–Kier alpha value is -1.63. The molecule has 0 aliphatic heterocycles. The average Bonchev–Trinajstić information content (AvgIpc) is 2.33. The van der Waals surface area contributed by atoms with Crippen molar-refractivity contribution in [1.29, 1.82) is 0 Å². The van der Waals surface area contributed by atoms with Crippen molar-refractivity contribution in [3.05, 3.63) is 0 Å². The fourth-order valence-electron chi connectivity index (χ4n) is 1.36. The second-order valence-corrected chi connectivity index (χ2v) is 3.69. The minimum Gasteiger partial charge on any atom is -0.467 e. The van der Waals surface area contributed by atoms with Gasteiger partial charge in [-0.05, 0) is 19.3 Å². The van der Waals surface area contributed by atoms with Crippen LogP contribution in [-0.2, 0) is 0 Å². The summed E-state index contributed by atoms with van der Waals surface area (Å²) in [4.78, 5) is 13.8. The van der Waals surface area contributed by atoms with Crippen LogP contribution in [0.5, 0.6) is 6.01 Å². The van der Waals surface area contributed by atoms with Gasteiger partial charge in [-0.25, -0.2) is 0 Å². The van der Waals surface area contributed by atoms with Gasteiger partial charge in [0, 0.05) is 20.2 Å². The highest BCUT2D eigenvalue weighted by Crippen LogP contribution is 2.12. The van der Waals surface area contributed by atoms with Gasteiger partial charge in [-0.1, -0.05) is 0 Å². The molecule has 1 aromatic heterocycles. The molecule has 1 heterocycles. The van der Waals surface area contributed by atoms with E-state index in [1.165, 1.54) is 7.11 Å². The van der Waals surface area contributed by atoms with Gasteiger partial charge in [-0.3, -0.25) is 0 Å². The fraction of sp³-hybridized carbons (Fsp3) is 0.700. The molecule has 0 bridgehead atoms. The molecule has 0 aliphatic carbocycles. The van der Waals surface area contributed by atoms with Crippen molar-refractivity contribution < 1.29 is 9.84 Å². The van der Waals surface area contributed by atoms with E-state index in [0.717, 1.165) is 25.8 Å². The molecule has 96 valence electrons. The second kappa shape index (κ2) is 6.85. The van der Waals surface area contributed by atoms with Crippen LogP contribution in [0.1, 0.15) is 19.3 Å². The molecule has 0 radical (unpaired) electrons. The molecule has 7 heteroatoms. The van der Waals surface area contributed by atoms with Gasteiger partial charge in [0.05, 0.1) is 7.11 Å². The average molecular weight is 241 g/mol. The summed E-state index contributed by atoms with van der Waals surface area (Å²) >= 11 is 0. The molecule has 0 aliphatic rings. The minimum atomic E-state index is 0.147. The van der Waals surface area contributed by atoms with Crippen LogP contribution in [0.4, 0.5) is 11.9 Å². The number of hydrogen-bond acceptors (Lipinski definition) is 7. The van der Waals surface area contributed by atoms with Crippen LogP contribution >= 0.6 is 0 Å². The van der Waals surface area contributed by atoms with Gasteiger partial charge in [-0.2, -0.15) is 15.0 Å². The number of unbranched alkanes of at least 4 members (excludes halogenated alkanes) is 2. The fourth-order valence-corrected chi connectivity index (χ4v) is 1.36. The Labute approximate surface area is 101 Å². The largest absolute Gasteiger partial charge is 0.467 e. The van der Waals surface area contributed by atoms with E-state index in [1.54, 1.807) is 0 Å². The number of anilines is 2. The molecule has 0 fully saturated rings. The SMILES string of the molecule is COc1nc(N)nc(N(C)CCCCCO)n1. The standard InChI is InChI=1S/C10H19N5O2/c1-15(6-4-3-5-7-16)9-12-8(11)13-10(14-9)17-2/h16H,3-7H2,1-2H3,(H2,11,12,13,14). The van der Waals surface area contributed by atoms with Crippen LogP contribution in [0, 0.1) is 0 Å². The summed E-state index contributed by atoms with van der Waals surface area (Å²) in [6.07, 6.45) is 2.75. The molecule has 0 saturated heterocycles. The maximum Gasteiger partial charge on any atom is 0.322 e. The maximum absolute atomic E-state index is 8.67. The highest BCUT2D eigenvalue weighted by atomic mass is 16.5. The number of nitrogens with zero attached hydrogens (tertiary/aromatic N) is 4. The first-order valence-electron chi connectivity index (χ1n) is 5.55. The maximum atomic E-state index is 8.67. The third kappa shape index (κ3) is 4.39. The van der Waals surface area contributed by atoms with E-state index in [2.05, 4.69) is 15.0 Å². The van der Waals surface area contributed by atoms with E-state index < -0.39 is 0 Å². The van der Waals surface area contributed by atoms with Crippen molar-refractivity contribution in [1.82, 2.24) is 15.0 Å². The van der Waals surface area contributed by atoms with Gasteiger partial charge < -0.3 is 20.5 Å². The summed E-state index contributed by atoms with van der Waals surface area (Å²) in [6.45, 7) is 1.03. The Balaban J connectivity index is 2.55. The first-order valence-corrected chi connectivity index (χ1v) is 5.55. The Kier molecular flexibility index (Phi) is 5.41. The Morgan fingerprint density at radius 1 is 1.24 bits per heavy atom. The molecule has 7 nitrogen and oxygen atoms in total. The summed E-state index contributed by atoms with van der Waals surface area (Å²) in [5.41, 5.74) is 5.55. The topological polar surface area (TPSA) is 97.4 Å². The number of ether oxygens (including phenoxy) is 1. The Morgan fingerprint density at radius 2 is 2.00 bits per heavy atom. The Bertz CT molecular complexity index is 347. The zero-order chi connectivity index (χ0) is 12.7. The molecule has 3 N–H and O–H groups in total. The third-order valence-electron chi connectivity index (χ3n) is 2.30. The van der Waals surface area contributed by atoms with E-state index in [1.807, 2.05) is 11.9 Å². The molecule has 0 spiro atoms. The van der Waals surface area contributed by atoms with Gasteiger partial charge in [0.25, 0.3) is 0 Å². The third-order valence-corrected chi connectivity index (χ3v) is 2.30. The lowest BCUT2D eigenvalue weighted by Gasteiger charge is -2.17. The van der Waals surface area contributed by atoms with Crippen LogP contribution in [0.15, 0.2) is 0 Å². The number of nitrogen functional groups attached to an aromatic ring is 1. The van der Waals surface area contributed by atoms with E-state index in [4.69, 9.17) is 15.6 Å². The van der Waals surface area contributed by atoms with Crippen LogP contribution in [0.25, 0.3) is 0 Å². The summed E-state index contributed by atoms with van der Waals surface area (Å²) in [5.74, 6) is 0.646. The Morgan fingerprint density at radius 3 is 2.65 bits per heavy atom. The zero-order valence-corrected chi connectivity index (χ0v) is 10.3. The van der Waals surface area contributed by atoms with Crippen molar-refractivity contribution in [3.8, 4) is 6.01 Å². The van der Waals surface area contributed by atoms with E-state index in [-0.39, 0.29) is 18.6 Å². The van der Waals surface area contributed by atoms with Crippen molar-refractivity contribution in [2.45, 2.75) is 19.3 Å². The number of aromatic nitrogens is 3. The van der Waals surface area contributed by atoms with Crippen LogP contribution in [0.3, 0.4) is 0 Å². The lowest BCUT2D eigenvalue weighted by molar-refractivity contribution is 0.283. The minimum absolute atomic E-state index is 0.147. The number of rotatable bonds is 7. The molecular formula is C10H19N5O2. The number of aliphatic hydroxyl groups excluding tert-OH is 1. The van der Waals surface area contributed by atoms with Crippen molar-refractivity contribution in [2.75, 3.05) is 37.9 Å².